The highest BCUT2D eigenvalue weighted by Gasteiger charge is 2.07. The van der Waals surface area contributed by atoms with Crippen LogP contribution in [0.3, 0.4) is 0 Å². The normalized spacial score (nSPS) is 14.3. The fourth-order valence-corrected chi connectivity index (χ4v) is 2.11. The number of aryl methyl sites for hydroxylation is 1. The average Bonchev–Trinajstić information content (AvgIpc) is 2.32. The third-order valence-corrected chi connectivity index (χ3v) is 3.83. The summed E-state index contributed by atoms with van der Waals surface area (Å²) in [6, 6.07) is 6.66. The fourth-order valence-electron chi connectivity index (χ4n) is 1.87. The largest absolute Gasteiger partial charge is 0.489 e. The molecule has 0 aromatic heterocycles. The number of hydrogen-bond acceptors (Lipinski definition) is 2. The van der Waals surface area contributed by atoms with Gasteiger partial charge in [0.1, 0.15) is 11.9 Å². The standard InChI is InChI=1S/C15H24BrNO/c1-5-6-12(3)17-10-13(4)18-14-7-8-15(16)11(2)9-14/h7-9,12-13,17H,5-6,10H2,1-4H3. The Morgan fingerprint density at radius 1 is 1.33 bits per heavy atom. The lowest BCUT2D eigenvalue weighted by Gasteiger charge is -2.19. The molecule has 18 heavy (non-hydrogen) atoms. The van der Waals surface area contributed by atoms with Gasteiger partial charge in [0.05, 0.1) is 0 Å². The molecule has 0 aliphatic rings. The fraction of sp³-hybridized carbons (Fsp3) is 0.600. The molecule has 1 aromatic carbocycles. The monoisotopic (exact) mass is 313 g/mol. The molecule has 0 saturated heterocycles. The van der Waals surface area contributed by atoms with Crippen LogP contribution in [0, 0.1) is 6.92 Å². The summed E-state index contributed by atoms with van der Waals surface area (Å²) in [7, 11) is 0. The van der Waals surface area contributed by atoms with Crippen molar-refractivity contribution in [3.05, 3.63) is 28.2 Å². The Labute approximate surface area is 119 Å². The molecule has 1 N–H and O–H groups in total. The average molecular weight is 314 g/mol. The highest BCUT2D eigenvalue weighted by molar-refractivity contribution is 9.10. The van der Waals surface area contributed by atoms with Gasteiger partial charge in [-0.15, -0.1) is 0 Å². The van der Waals surface area contributed by atoms with Gasteiger partial charge >= 0.3 is 0 Å². The van der Waals surface area contributed by atoms with E-state index in [1.54, 1.807) is 0 Å². The van der Waals surface area contributed by atoms with Crippen molar-refractivity contribution in [2.75, 3.05) is 6.54 Å². The van der Waals surface area contributed by atoms with Crippen molar-refractivity contribution in [2.45, 2.75) is 52.7 Å². The smallest absolute Gasteiger partial charge is 0.120 e. The van der Waals surface area contributed by atoms with Crippen LogP contribution < -0.4 is 10.1 Å². The highest BCUT2D eigenvalue weighted by Crippen LogP contribution is 2.22. The summed E-state index contributed by atoms with van der Waals surface area (Å²) in [6.07, 6.45) is 2.62. The van der Waals surface area contributed by atoms with E-state index in [9.17, 15) is 0 Å². The minimum absolute atomic E-state index is 0.185. The van der Waals surface area contributed by atoms with Crippen LogP contribution in [0.1, 0.15) is 39.2 Å². The summed E-state index contributed by atoms with van der Waals surface area (Å²) >= 11 is 3.49. The van der Waals surface area contributed by atoms with Crippen molar-refractivity contribution >= 4 is 15.9 Å². The summed E-state index contributed by atoms with van der Waals surface area (Å²) in [6.45, 7) is 9.49. The minimum atomic E-state index is 0.185. The molecule has 2 unspecified atom stereocenters. The first-order valence-corrected chi connectivity index (χ1v) is 7.48. The van der Waals surface area contributed by atoms with E-state index in [0.717, 1.165) is 16.8 Å². The lowest BCUT2D eigenvalue weighted by atomic mass is 10.2. The van der Waals surface area contributed by atoms with Gasteiger partial charge in [-0.2, -0.15) is 0 Å². The first-order valence-electron chi connectivity index (χ1n) is 6.69. The molecule has 2 nitrogen and oxygen atoms in total. The molecule has 2 atom stereocenters. The van der Waals surface area contributed by atoms with E-state index >= 15 is 0 Å². The Morgan fingerprint density at radius 3 is 2.67 bits per heavy atom. The summed E-state index contributed by atoms with van der Waals surface area (Å²) in [5.41, 5.74) is 1.20. The third-order valence-electron chi connectivity index (χ3n) is 2.94. The number of nitrogens with one attached hydrogen (secondary N) is 1. The number of benzene rings is 1. The number of halogens is 1. The molecule has 0 aliphatic heterocycles. The molecule has 1 aromatic rings. The van der Waals surface area contributed by atoms with Gasteiger partial charge in [-0.25, -0.2) is 0 Å². The quantitative estimate of drug-likeness (QED) is 0.810. The molecule has 0 aliphatic carbocycles. The van der Waals surface area contributed by atoms with Crippen molar-refractivity contribution in [3.63, 3.8) is 0 Å². The molecular formula is C15H24BrNO. The van der Waals surface area contributed by atoms with Gasteiger partial charge in [-0.05, 0) is 51.0 Å². The summed E-state index contributed by atoms with van der Waals surface area (Å²) in [4.78, 5) is 0. The first-order chi connectivity index (χ1) is 8.52. The van der Waals surface area contributed by atoms with Crippen LogP contribution in [-0.4, -0.2) is 18.7 Å². The molecule has 0 bridgehead atoms. The molecule has 0 saturated carbocycles. The zero-order chi connectivity index (χ0) is 13.5. The Balaban J connectivity index is 2.39. The molecule has 0 amide bonds. The molecule has 0 radical (unpaired) electrons. The van der Waals surface area contributed by atoms with E-state index in [0.29, 0.717) is 6.04 Å². The molecule has 3 heteroatoms. The Kier molecular flexibility index (Phi) is 6.72. The Hall–Kier alpha value is -0.540. The molecular weight excluding hydrogens is 290 g/mol. The Morgan fingerprint density at radius 2 is 2.06 bits per heavy atom. The van der Waals surface area contributed by atoms with Gasteiger partial charge in [-0.3, -0.25) is 0 Å². The lowest BCUT2D eigenvalue weighted by molar-refractivity contribution is 0.211. The van der Waals surface area contributed by atoms with E-state index in [1.807, 2.05) is 12.1 Å². The Bertz CT molecular complexity index is 368. The van der Waals surface area contributed by atoms with Crippen LogP contribution in [0.15, 0.2) is 22.7 Å². The second kappa shape index (κ2) is 7.80. The second-order valence-electron chi connectivity index (χ2n) is 4.94. The highest BCUT2D eigenvalue weighted by atomic mass is 79.9. The van der Waals surface area contributed by atoms with Gasteiger partial charge in [0.15, 0.2) is 0 Å². The summed E-state index contributed by atoms with van der Waals surface area (Å²) < 4.78 is 7.02. The van der Waals surface area contributed by atoms with Crippen molar-refractivity contribution in [2.24, 2.45) is 0 Å². The van der Waals surface area contributed by atoms with Crippen LogP contribution in [0.25, 0.3) is 0 Å². The summed E-state index contributed by atoms with van der Waals surface area (Å²) in [5.74, 6) is 0.938. The maximum Gasteiger partial charge on any atom is 0.120 e. The molecule has 1 rings (SSSR count). The molecule has 0 spiro atoms. The molecule has 102 valence electrons. The number of rotatable bonds is 7. The zero-order valence-corrected chi connectivity index (χ0v) is 13.4. The van der Waals surface area contributed by atoms with E-state index in [1.165, 1.54) is 18.4 Å². The lowest BCUT2D eigenvalue weighted by Crippen LogP contribution is -2.34. The SMILES string of the molecule is CCCC(C)NCC(C)Oc1ccc(Br)c(C)c1. The summed E-state index contributed by atoms with van der Waals surface area (Å²) in [5, 5.41) is 3.50. The zero-order valence-electron chi connectivity index (χ0n) is 11.8. The minimum Gasteiger partial charge on any atom is -0.489 e. The molecule has 0 heterocycles. The third kappa shape index (κ3) is 5.40. The topological polar surface area (TPSA) is 21.3 Å². The van der Waals surface area contributed by atoms with Crippen LogP contribution in [-0.2, 0) is 0 Å². The van der Waals surface area contributed by atoms with Gasteiger partial charge in [0.25, 0.3) is 0 Å². The maximum absolute atomic E-state index is 5.90. The van der Waals surface area contributed by atoms with Crippen LogP contribution in [0.5, 0.6) is 5.75 Å². The van der Waals surface area contributed by atoms with Crippen molar-refractivity contribution in [3.8, 4) is 5.75 Å². The predicted molar refractivity (Wildman–Crippen MR) is 81.3 cm³/mol. The number of hydrogen-bond donors (Lipinski definition) is 1. The maximum atomic E-state index is 5.90. The van der Waals surface area contributed by atoms with Crippen LogP contribution in [0.4, 0.5) is 0 Å². The first kappa shape index (κ1) is 15.5. The second-order valence-corrected chi connectivity index (χ2v) is 5.79. The van der Waals surface area contributed by atoms with E-state index in [4.69, 9.17) is 4.74 Å². The predicted octanol–water partition coefficient (Wildman–Crippen LogP) is 4.30. The van der Waals surface area contributed by atoms with Crippen molar-refractivity contribution in [1.29, 1.82) is 0 Å². The van der Waals surface area contributed by atoms with Gasteiger partial charge in [-0.1, -0.05) is 29.3 Å². The van der Waals surface area contributed by atoms with Gasteiger partial charge in [0.2, 0.25) is 0 Å². The van der Waals surface area contributed by atoms with E-state index in [2.05, 4.69) is 55.0 Å². The van der Waals surface area contributed by atoms with Crippen molar-refractivity contribution < 1.29 is 4.74 Å². The van der Waals surface area contributed by atoms with Gasteiger partial charge < -0.3 is 10.1 Å². The van der Waals surface area contributed by atoms with Crippen LogP contribution >= 0.6 is 15.9 Å². The van der Waals surface area contributed by atoms with Gasteiger partial charge in [0, 0.05) is 17.1 Å². The van der Waals surface area contributed by atoms with Crippen LogP contribution in [0.2, 0.25) is 0 Å². The number of ether oxygens (including phenoxy) is 1. The van der Waals surface area contributed by atoms with E-state index < -0.39 is 0 Å². The van der Waals surface area contributed by atoms with E-state index in [-0.39, 0.29) is 6.10 Å². The molecule has 0 fully saturated rings. The van der Waals surface area contributed by atoms with Crippen molar-refractivity contribution in [1.82, 2.24) is 5.32 Å².